The number of nitrogen functional groups attached to an aromatic ring is 1. The van der Waals surface area contributed by atoms with E-state index in [9.17, 15) is 0 Å². The number of rotatable bonds is 2. The summed E-state index contributed by atoms with van der Waals surface area (Å²) in [5.74, 6) is 0. The van der Waals surface area contributed by atoms with Crippen LogP contribution in [-0.4, -0.2) is 31.2 Å². The summed E-state index contributed by atoms with van der Waals surface area (Å²) in [6.45, 7) is 8.28. The maximum Gasteiger partial charge on any atom is 0.185 e. The van der Waals surface area contributed by atoms with Crippen LogP contribution in [0.2, 0.25) is 0 Å². The second-order valence-corrected chi connectivity index (χ2v) is 6.39. The summed E-state index contributed by atoms with van der Waals surface area (Å²) in [6.07, 6.45) is 0. The highest BCUT2D eigenvalue weighted by Crippen LogP contribution is 2.27. The Hall–Kier alpha value is -1.75. The average Bonchev–Trinajstić information content (AvgIpc) is 2.79. The third-order valence-corrected chi connectivity index (χ3v) is 4.94. The van der Waals surface area contributed by atoms with Crippen LogP contribution in [0.4, 0.5) is 16.5 Å². The molecule has 1 aromatic carbocycles. The van der Waals surface area contributed by atoms with E-state index >= 15 is 0 Å². The molecule has 0 aliphatic carbocycles. The van der Waals surface area contributed by atoms with Crippen LogP contribution in [0.15, 0.2) is 24.3 Å². The lowest BCUT2D eigenvalue weighted by molar-refractivity contribution is 0.652. The SMILES string of the molecule is Cc1nc(N2CCN(c3cccc(N)c3)CC2)sc1C. The topological polar surface area (TPSA) is 45.4 Å². The molecule has 1 aromatic heterocycles. The van der Waals surface area contributed by atoms with E-state index in [-0.39, 0.29) is 0 Å². The molecule has 0 spiro atoms. The molecule has 3 rings (SSSR count). The first-order valence-corrected chi connectivity index (χ1v) is 7.74. The molecule has 0 unspecified atom stereocenters. The van der Waals surface area contributed by atoms with Crippen LogP contribution < -0.4 is 15.5 Å². The van der Waals surface area contributed by atoms with Gasteiger partial charge < -0.3 is 15.5 Å². The Balaban J connectivity index is 1.67. The zero-order valence-corrected chi connectivity index (χ0v) is 12.8. The third-order valence-electron chi connectivity index (χ3n) is 3.80. The normalized spacial score (nSPS) is 15.7. The number of aryl methyl sites for hydroxylation is 2. The third kappa shape index (κ3) is 2.58. The largest absolute Gasteiger partial charge is 0.399 e. The number of hydrogen-bond acceptors (Lipinski definition) is 5. The van der Waals surface area contributed by atoms with Crippen molar-refractivity contribution in [3.8, 4) is 0 Å². The van der Waals surface area contributed by atoms with E-state index in [0.29, 0.717) is 0 Å². The Morgan fingerprint density at radius 3 is 2.40 bits per heavy atom. The Morgan fingerprint density at radius 2 is 1.80 bits per heavy atom. The van der Waals surface area contributed by atoms with Crippen LogP contribution >= 0.6 is 11.3 Å². The summed E-state index contributed by atoms with van der Waals surface area (Å²) in [6, 6.07) is 8.13. The number of aromatic nitrogens is 1. The molecule has 2 heterocycles. The van der Waals surface area contributed by atoms with Crippen molar-refractivity contribution in [3.05, 3.63) is 34.8 Å². The molecule has 0 atom stereocenters. The van der Waals surface area contributed by atoms with Crippen LogP contribution in [0.25, 0.3) is 0 Å². The molecule has 1 aliphatic rings. The van der Waals surface area contributed by atoms with Crippen LogP contribution in [0, 0.1) is 13.8 Å². The minimum atomic E-state index is 0.830. The van der Waals surface area contributed by atoms with Crippen LogP contribution in [0.3, 0.4) is 0 Å². The van der Waals surface area contributed by atoms with Gasteiger partial charge in [0.1, 0.15) is 0 Å². The molecule has 5 heteroatoms. The molecule has 20 heavy (non-hydrogen) atoms. The van der Waals surface area contributed by atoms with Gasteiger partial charge in [-0.2, -0.15) is 0 Å². The highest BCUT2D eigenvalue weighted by Gasteiger charge is 2.20. The van der Waals surface area contributed by atoms with Crippen molar-refractivity contribution in [2.24, 2.45) is 0 Å². The molecule has 0 radical (unpaired) electrons. The van der Waals surface area contributed by atoms with E-state index in [0.717, 1.165) is 42.7 Å². The van der Waals surface area contributed by atoms with Gasteiger partial charge in [-0.25, -0.2) is 4.98 Å². The molecule has 4 nitrogen and oxygen atoms in total. The molecule has 0 bridgehead atoms. The van der Waals surface area contributed by atoms with Gasteiger partial charge in [0.2, 0.25) is 0 Å². The van der Waals surface area contributed by atoms with Gasteiger partial charge in [0, 0.05) is 42.4 Å². The van der Waals surface area contributed by atoms with Crippen molar-refractivity contribution < 1.29 is 0 Å². The van der Waals surface area contributed by atoms with Crippen molar-refractivity contribution in [1.82, 2.24) is 4.98 Å². The van der Waals surface area contributed by atoms with Gasteiger partial charge in [0.05, 0.1) is 5.69 Å². The van der Waals surface area contributed by atoms with E-state index in [2.05, 4.69) is 34.7 Å². The van der Waals surface area contributed by atoms with Crippen molar-refractivity contribution in [1.29, 1.82) is 0 Å². The number of anilines is 3. The number of hydrogen-bond donors (Lipinski definition) is 1. The molecule has 0 saturated carbocycles. The molecule has 2 N–H and O–H groups in total. The predicted octanol–water partition coefficient (Wildman–Crippen LogP) is 2.67. The fourth-order valence-electron chi connectivity index (χ4n) is 2.47. The molecular formula is C15H20N4S. The van der Waals surface area contributed by atoms with E-state index in [1.165, 1.54) is 10.6 Å². The molecule has 1 saturated heterocycles. The smallest absolute Gasteiger partial charge is 0.185 e. The molecule has 106 valence electrons. The molecular weight excluding hydrogens is 268 g/mol. The molecule has 1 fully saturated rings. The first-order valence-electron chi connectivity index (χ1n) is 6.93. The summed E-state index contributed by atoms with van der Waals surface area (Å²) >= 11 is 1.80. The lowest BCUT2D eigenvalue weighted by Gasteiger charge is -2.36. The Bertz CT molecular complexity index is 580. The first kappa shape index (κ1) is 13.2. The first-order chi connectivity index (χ1) is 9.63. The highest BCUT2D eigenvalue weighted by atomic mass is 32.1. The van der Waals surface area contributed by atoms with Gasteiger partial charge in [0.15, 0.2) is 5.13 Å². The molecule has 0 amide bonds. The summed E-state index contributed by atoms with van der Waals surface area (Å²) in [5.41, 5.74) is 9.06. The van der Waals surface area contributed by atoms with E-state index < -0.39 is 0 Å². The average molecular weight is 288 g/mol. The zero-order valence-electron chi connectivity index (χ0n) is 12.0. The Labute approximate surface area is 123 Å². The van der Waals surface area contributed by atoms with Gasteiger partial charge in [-0.05, 0) is 32.0 Å². The number of nitrogens with two attached hydrogens (primary N) is 1. The van der Waals surface area contributed by atoms with E-state index in [1.54, 1.807) is 11.3 Å². The summed E-state index contributed by atoms with van der Waals surface area (Å²) in [5, 5.41) is 1.16. The number of benzene rings is 1. The Kier molecular flexibility index (Phi) is 3.53. The number of thiazole rings is 1. The molecule has 2 aromatic rings. The standard InChI is InChI=1S/C15H20N4S/c1-11-12(2)20-15(17-11)19-8-6-18(7-9-19)14-5-3-4-13(16)10-14/h3-5,10H,6-9,16H2,1-2H3. The fraction of sp³-hybridized carbons (Fsp3) is 0.400. The second kappa shape index (κ2) is 5.32. The quantitative estimate of drug-likeness (QED) is 0.863. The molecule has 1 aliphatic heterocycles. The predicted molar refractivity (Wildman–Crippen MR) is 86.9 cm³/mol. The van der Waals surface area contributed by atoms with E-state index in [4.69, 9.17) is 5.73 Å². The highest BCUT2D eigenvalue weighted by molar-refractivity contribution is 7.15. The van der Waals surface area contributed by atoms with Crippen LogP contribution in [0.1, 0.15) is 10.6 Å². The summed E-state index contributed by atoms with van der Waals surface area (Å²) in [7, 11) is 0. The van der Waals surface area contributed by atoms with Crippen molar-refractivity contribution in [2.45, 2.75) is 13.8 Å². The summed E-state index contributed by atoms with van der Waals surface area (Å²) in [4.78, 5) is 10.7. The summed E-state index contributed by atoms with van der Waals surface area (Å²) < 4.78 is 0. The van der Waals surface area contributed by atoms with Gasteiger partial charge in [-0.3, -0.25) is 0 Å². The zero-order chi connectivity index (χ0) is 14.1. The second-order valence-electron chi connectivity index (χ2n) is 5.21. The lowest BCUT2D eigenvalue weighted by Crippen LogP contribution is -2.46. The van der Waals surface area contributed by atoms with Crippen LogP contribution in [0.5, 0.6) is 0 Å². The number of nitrogens with zero attached hydrogens (tertiary/aromatic N) is 3. The van der Waals surface area contributed by atoms with Gasteiger partial charge in [-0.15, -0.1) is 11.3 Å². The van der Waals surface area contributed by atoms with Gasteiger partial charge in [0.25, 0.3) is 0 Å². The Morgan fingerprint density at radius 1 is 1.10 bits per heavy atom. The van der Waals surface area contributed by atoms with E-state index in [1.807, 2.05) is 18.2 Å². The van der Waals surface area contributed by atoms with Crippen LogP contribution in [-0.2, 0) is 0 Å². The number of piperazine rings is 1. The maximum absolute atomic E-state index is 5.86. The van der Waals surface area contributed by atoms with Gasteiger partial charge in [-0.1, -0.05) is 6.07 Å². The minimum Gasteiger partial charge on any atom is -0.399 e. The van der Waals surface area contributed by atoms with Crippen molar-refractivity contribution in [2.75, 3.05) is 41.7 Å². The van der Waals surface area contributed by atoms with Crippen molar-refractivity contribution in [3.63, 3.8) is 0 Å². The monoisotopic (exact) mass is 288 g/mol. The maximum atomic E-state index is 5.86. The fourth-order valence-corrected chi connectivity index (χ4v) is 3.43. The lowest BCUT2D eigenvalue weighted by atomic mass is 10.2. The minimum absolute atomic E-state index is 0.830. The van der Waals surface area contributed by atoms with Crippen molar-refractivity contribution >= 4 is 27.8 Å². The van der Waals surface area contributed by atoms with Gasteiger partial charge >= 0.3 is 0 Å².